The van der Waals surface area contributed by atoms with Crippen molar-refractivity contribution in [3.8, 4) is 0 Å². The maximum Gasteiger partial charge on any atom is 0.313 e. The predicted octanol–water partition coefficient (Wildman–Crippen LogP) is 1.64. The highest BCUT2D eigenvalue weighted by Crippen LogP contribution is 2.15. The molecule has 116 valence electrons. The van der Waals surface area contributed by atoms with Gasteiger partial charge in [0.2, 0.25) is 0 Å². The van der Waals surface area contributed by atoms with Gasteiger partial charge in [-0.2, -0.15) is 0 Å². The third kappa shape index (κ3) is 4.37. The Hall–Kier alpha value is -2.76. The van der Waals surface area contributed by atoms with Crippen molar-refractivity contribution in [1.82, 2.24) is 5.32 Å². The van der Waals surface area contributed by atoms with Crippen molar-refractivity contribution < 1.29 is 14.0 Å². The summed E-state index contributed by atoms with van der Waals surface area (Å²) in [5.74, 6) is -1.33. The minimum atomic E-state index is -0.676. The first-order chi connectivity index (χ1) is 10.6. The number of anilines is 2. The van der Waals surface area contributed by atoms with Crippen molar-refractivity contribution >= 4 is 23.2 Å². The lowest BCUT2D eigenvalue weighted by molar-refractivity contribution is -0.136. The van der Waals surface area contributed by atoms with Crippen LogP contribution in [0.2, 0.25) is 0 Å². The molecule has 6 heteroatoms. The number of nitrogens with one attached hydrogen (secondary N) is 2. The number of carbonyl (C=O) groups excluding carboxylic acids is 2. The van der Waals surface area contributed by atoms with Crippen LogP contribution in [0.15, 0.2) is 47.3 Å². The lowest BCUT2D eigenvalue weighted by Crippen LogP contribution is -2.36. The Morgan fingerprint density at radius 2 is 1.82 bits per heavy atom. The number of nitrogens with zero attached hydrogens (tertiary/aromatic N) is 1. The van der Waals surface area contributed by atoms with Crippen LogP contribution >= 0.6 is 0 Å². The molecule has 0 atom stereocenters. The van der Waals surface area contributed by atoms with Gasteiger partial charge in [-0.15, -0.1) is 0 Å². The molecule has 0 aliphatic heterocycles. The Kier molecular flexibility index (Phi) is 5.19. The molecule has 0 unspecified atom stereocenters. The van der Waals surface area contributed by atoms with Gasteiger partial charge in [-0.25, -0.2) is 0 Å². The first-order valence-corrected chi connectivity index (χ1v) is 6.94. The molecule has 0 aliphatic carbocycles. The average molecular weight is 301 g/mol. The van der Waals surface area contributed by atoms with Gasteiger partial charge in [0.05, 0.1) is 12.5 Å². The molecule has 1 aromatic heterocycles. The maximum absolute atomic E-state index is 11.8. The van der Waals surface area contributed by atoms with E-state index in [2.05, 4.69) is 10.6 Å². The van der Waals surface area contributed by atoms with E-state index in [0.717, 1.165) is 11.3 Å². The second-order valence-electron chi connectivity index (χ2n) is 5.03. The molecular formula is C16H19N3O3. The van der Waals surface area contributed by atoms with Crippen LogP contribution in [0.5, 0.6) is 0 Å². The molecule has 1 heterocycles. The lowest BCUT2D eigenvalue weighted by Gasteiger charge is -2.13. The van der Waals surface area contributed by atoms with Crippen LogP contribution in [0.25, 0.3) is 0 Å². The normalized spacial score (nSPS) is 10.1. The highest BCUT2D eigenvalue weighted by molar-refractivity contribution is 6.39. The fourth-order valence-electron chi connectivity index (χ4n) is 1.87. The minimum Gasteiger partial charge on any atom is -0.472 e. The Balaban J connectivity index is 1.79. The van der Waals surface area contributed by atoms with E-state index in [0.29, 0.717) is 18.7 Å². The molecule has 6 nitrogen and oxygen atoms in total. The van der Waals surface area contributed by atoms with Gasteiger partial charge in [-0.3, -0.25) is 9.59 Å². The molecule has 0 fully saturated rings. The highest BCUT2D eigenvalue weighted by Gasteiger charge is 2.13. The van der Waals surface area contributed by atoms with Gasteiger partial charge in [0, 0.05) is 32.0 Å². The van der Waals surface area contributed by atoms with Crippen molar-refractivity contribution in [2.24, 2.45) is 0 Å². The molecular weight excluding hydrogens is 282 g/mol. The molecule has 0 radical (unpaired) electrons. The van der Waals surface area contributed by atoms with Crippen LogP contribution in [0.3, 0.4) is 0 Å². The van der Waals surface area contributed by atoms with Crippen LogP contribution < -0.4 is 15.5 Å². The number of hydrogen-bond acceptors (Lipinski definition) is 4. The fraction of sp³-hybridized carbons (Fsp3) is 0.250. The third-order valence-corrected chi connectivity index (χ3v) is 3.13. The Morgan fingerprint density at radius 1 is 1.09 bits per heavy atom. The van der Waals surface area contributed by atoms with Gasteiger partial charge in [0.1, 0.15) is 0 Å². The van der Waals surface area contributed by atoms with E-state index in [-0.39, 0.29) is 0 Å². The van der Waals surface area contributed by atoms with E-state index >= 15 is 0 Å². The van der Waals surface area contributed by atoms with E-state index in [1.807, 2.05) is 37.2 Å². The quantitative estimate of drug-likeness (QED) is 0.823. The van der Waals surface area contributed by atoms with Crippen LogP contribution in [0, 0.1) is 0 Å². The highest BCUT2D eigenvalue weighted by atomic mass is 16.3. The summed E-state index contributed by atoms with van der Waals surface area (Å²) in [4.78, 5) is 25.4. The molecule has 0 aliphatic rings. The number of hydrogen-bond donors (Lipinski definition) is 2. The van der Waals surface area contributed by atoms with Crippen molar-refractivity contribution in [2.75, 3.05) is 30.9 Å². The topological polar surface area (TPSA) is 74.6 Å². The summed E-state index contributed by atoms with van der Waals surface area (Å²) in [6, 6.07) is 9.06. The van der Waals surface area contributed by atoms with Gasteiger partial charge < -0.3 is 20.0 Å². The summed E-state index contributed by atoms with van der Waals surface area (Å²) < 4.78 is 4.93. The van der Waals surface area contributed by atoms with Crippen molar-refractivity contribution in [3.63, 3.8) is 0 Å². The zero-order chi connectivity index (χ0) is 15.9. The van der Waals surface area contributed by atoms with Crippen molar-refractivity contribution in [2.45, 2.75) is 6.42 Å². The minimum absolute atomic E-state index is 0.380. The second-order valence-corrected chi connectivity index (χ2v) is 5.03. The Bertz CT molecular complexity index is 619. The SMILES string of the molecule is CN(C)c1ccc(NC(=O)C(=O)NCCc2ccoc2)cc1. The standard InChI is InChI=1S/C16H19N3O3/c1-19(2)14-5-3-13(4-6-14)18-16(21)15(20)17-9-7-12-8-10-22-11-12/h3-6,8,10-11H,7,9H2,1-2H3,(H,17,20)(H,18,21). The van der Waals surface area contributed by atoms with Gasteiger partial charge in [0.25, 0.3) is 0 Å². The number of amides is 2. The van der Waals surface area contributed by atoms with E-state index in [9.17, 15) is 9.59 Å². The van der Waals surface area contributed by atoms with Crippen LogP contribution in [-0.2, 0) is 16.0 Å². The number of furan rings is 1. The third-order valence-electron chi connectivity index (χ3n) is 3.13. The van der Waals surface area contributed by atoms with Gasteiger partial charge in [0.15, 0.2) is 0 Å². The van der Waals surface area contributed by atoms with E-state index in [1.54, 1.807) is 24.7 Å². The summed E-state index contributed by atoms with van der Waals surface area (Å²) >= 11 is 0. The first-order valence-electron chi connectivity index (χ1n) is 6.94. The molecule has 22 heavy (non-hydrogen) atoms. The van der Waals surface area contributed by atoms with Crippen molar-refractivity contribution in [3.05, 3.63) is 48.4 Å². The van der Waals surface area contributed by atoms with E-state index < -0.39 is 11.8 Å². The zero-order valence-corrected chi connectivity index (χ0v) is 12.6. The molecule has 2 N–H and O–H groups in total. The predicted molar refractivity (Wildman–Crippen MR) is 84.8 cm³/mol. The molecule has 2 amide bonds. The van der Waals surface area contributed by atoms with Gasteiger partial charge in [-0.1, -0.05) is 0 Å². The fourth-order valence-corrected chi connectivity index (χ4v) is 1.87. The molecule has 0 saturated carbocycles. The monoisotopic (exact) mass is 301 g/mol. The van der Waals surface area contributed by atoms with Crippen LogP contribution in [0.4, 0.5) is 11.4 Å². The summed E-state index contributed by atoms with van der Waals surface area (Å²) in [7, 11) is 3.86. The second kappa shape index (κ2) is 7.31. The van der Waals surface area contributed by atoms with Crippen molar-refractivity contribution in [1.29, 1.82) is 0 Å². The molecule has 0 spiro atoms. The van der Waals surface area contributed by atoms with Crippen LogP contribution in [-0.4, -0.2) is 32.5 Å². The zero-order valence-electron chi connectivity index (χ0n) is 12.6. The number of carbonyl (C=O) groups is 2. The first kappa shape index (κ1) is 15.6. The smallest absolute Gasteiger partial charge is 0.313 e. The number of benzene rings is 1. The van der Waals surface area contributed by atoms with E-state index in [4.69, 9.17) is 4.42 Å². The molecule has 2 aromatic rings. The largest absolute Gasteiger partial charge is 0.472 e. The van der Waals surface area contributed by atoms with Gasteiger partial charge >= 0.3 is 11.8 Å². The van der Waals surface area contributed by atoms with Gasteiger partial charge in [-0.05, 0) is 42.3 Å². The summed E-state index contributed by atoms with van der Waals surface area (Å²) in [6.45, 7) is 0.380. The Labute approximate surface area is 129 Å². The average Bonchev–Trinajstić information content (AvgIpc) is 3.01. The van der Waals surface area contributed by atoms with E-state index in [1.165, 1.54) is 0 Å². The maximum atomic E-state index is 11.8. The van der Waals surface area contributed by atoms with Crippen LogP contribution in [0.1, 0.15) is 5.56 Å². The molecule has 1 aromatic carbocycles. The summed E-state index contributed by atoms with van der Waals surface area (Å²) in [5, 5.41) is 5.13. The summed E-state index contributed by atoms with van der Waals surface area (Å²) in [5.41, 5.74) is 2.57. The number of rotatable bonds is 5. The Morgan fingerprint density at radius 3 is 2.41 bits per heavy atom. The molecule has 2 rings (SSSR count). The summed E-state index contributed by atoms with van der Waals surface area (Å²) in [6.07, 6.45) is 3.80. The molecule has 0 bridgehead atoms. The lowest BCUT2D eigenvalue weighted by atomic mass is 10.2. The molecule has 0 saturated heterocycles.